The number of aromatic nitrogens is 2. The van der Waals surface area contributed by atoms with Crippen LogP contribution < -0.4 is 5.32 Å². The van der Waals surface area contributed by atoms with E-state index >= 15 is 0 Å². The van der Waals surface area contributed by atoms with Crippen molar-refractivity contribution in [2.45, 2.75) is 51.4 Å². The highest BCUT2D eigenvalue weighted by molar-refractivity contribution is 7.13. The summed E-state index contributed by atoms with van der Waals surface area (Å²) < 4.78 is 0. The first-order valence-corrected chi connectivity index (χ1v) is 9.31. The molecule has 5 heteroatoms. The van der Waals surface area contributed by atoms with Gasteiger partial charge in [0.15, 0.2) is 0 Å². The number of rotatable bonds is 5. The maximum atomic E-state index is 12.1. The van der Waals surface area contributed by atoms with Gasteiger partial charge in [-0.1, -0.05) is 43.2 Å². The Balaban J connectivity index is 1.58. The van der Waals surface area contributed by atoms with Crippen molar-refractivity contribution >= 4 is 22.4 Å². The fraction of sp³-hybridized carbons (Fsp3) is 0.500. The molecule has 23 heavy (non-hydrogen) atoms. The van der Waals surface area contributed by atoms with Crippen molar-refractivity contribution in [3.05, 3.63) is 40.9 Å². The van der Waals surface area contributed by atoms with Gasteiger partial charge in [0.25, 0.3) is 5.91 Å². The number of benzene rings is 1. The first kappa shape index (κ1) is 16.1. The van der Waals surface area contributed by atoms with Gasteiger partial charge < -0.3 is 0 Å². The third-order valence-corrected chi connectivity index (χ3v) is 5.38. The summed E-state index contributed by atoms with van der Waals surface area (Å²) in [4.78, 5) is 12.1. The van der Waals surface area contributed by atoms with Gasteiger partial charge in [-0.2, -0.15) is 0 Å². The molecule has 1 aromatic heterocycles. The van der Waals surface area contributed by atoms with Crippen LogP contribution in [0.15, 0.2) is 29.8 Å². The highest BCUT2D eigenvalue weighted by atomic mass is 32.1. The molecule has 4 nitrogen and oxygen atoms in total. The second kappa shape index (κ2) is 7.68. The molecule has 1 amide bonds. The molecule has 1 N–H and O–H groups in total. The largest absolute Gasteiger partial charge is 0.296 e. The van der Waals surface area contributed by atoms with Crippen LogP contribution in [-0.4, -0.2) is 16.1 Å². The molecule has 0 atom stereocenters. The van der Waals surface area contributed by atoms with Crippen molar-refractivity contribution < 1.29 is 4.79 Å². The summed E-state index contributed by atoms with van der Waals surface area (Å²) in [6.45, 7) is 2.28. The molecule has 1 aliphatic carbocycles. The average molecular weight is 329 g/mol. The predicted octanol–water partition coefficient (Wildman–Crippen LogP) is 4.86. The maximum Gasteiger partial charge on any atom is 0.257 e. The molecule has 0 bridgehead atoms. The van der Waals surface area contributed by atoms with Crippen LogP contribution in [0.3, 0.4) is 0 Å². The van der Waals surface area contributed by atoms with Crippen molar-refractivity contribution in [2.24, 2.45) is 5.92 Å². The zero-order chi connectivity index (χ0) is 16.1. The summed E-state index contributed by atoms with van der Waals surface area (Å²) >= 11 is 1.32. The number of anilines is 1. The topological polar surface area (TPSA) is 54.9 Å². The van der Waals surface area contributed by atoms with Crippen LogP contribution >= 0.6 is 11.3 Å². The second-order valence-corrected chi connectivity index (χ2v) is 7.16. The third-order valence-electron chi connectivity index (χ3n) is 4.77. The molecule has 2 aromatic rings. The lowest BCUT2D eigenvalue weighted by molar-refractivity contribution is 0.102. The van der Waals surface area contributed by atoms with E-state index in [0.29, 0.717) is 16.6 Å². The lowest BCUT2D eigenvalue weighted by atomic mass is 9.77. The van der Waals surface area contributed by atoms with E-state index in [0.717, 1.165) is 5.92 Å². The second-order valence-electron chi connectivity index (χ2n) is 6.33. The molecular formula is C18H23N3OS. The van der Waals surface area contributed by atoms with Crippen LogP contribution in [0, 0.1) is 5.92 Å². The number of carbonyl (C=O) groups is 1. The Labute approximate surface area is 141 Å². The molecule has 3 rings (SSSR count). The van der Waals surface area contributed by atoms with Gasteiger partial charge in [0.05, 0.1) is 0 Å². The van der Waals surface area contributed by atoms with Gasteiger partial charge in [0, 0.05) is 5.56 Å². The molecule has 1 saturated carbocycles. The molecule has 122 valence electrons. The number of hydrogen-bond acceptors (Lipinski definition) is 4. The van der Waals surface area contributed by atoms with Gasteiger partial charge >= 0.3 is 0 Å². The fourth-order valence-corrected chi connectivity index (χ4v) is 3.94. The van der Waals surface area contributed by atoms with Crippen LogP contribution in [0.2, 0.25) is 0 Å². The highest BCUT2D eigenvalue weighted by Gasteiger charge is 2.22. The SMILES string of the molecule is CCCC1CCC(c2ccc(C(=O)Nc3nncs3)cc2)CC1. The zero-order valence-corrected chi connectivity index (χ0v) is 14.3. The molecule has 1 heterocycles. The lowest BCUT2D eigenvalue weighted by Gasteiger charge is -2.28. The van der Waals surface area contributed by atoms with Crippen LogP contribution in [0.5, 0.6) is 0 Å². The summed E-state index contributed by atoms with van der Waals surface area (Å²) in [6, 6.07) is 8.06. The standard InChI is InChI=1S/C18H23N3OS/c1-2-3-13-4-6-14(7-5-13)15-8-10-16(11-9-15)17(22)20-18-21-19-12-23-18/h8-14H,2-7H2,1H3,(H,20,21,22). The van der Waals surface area contributed by atoms with Crippen LogP contribution in [-0.2, 0) is 0 Å². The molecule has 0 unspecified atom stereocenters. The van der Waals surface area contributed by atoms with Crippen LogP contribution in [0.25, 0.3) is 0 Å². The number of amides is 1. The normalized spacial score (nSPS) is 21.1. The van der Waals surface area contributed by atoms with Gasteiger partial charge in [-0.15, -0.1) is 10.2 Å². The quantitative estimate of drug-likeness (QED) is 0.852. The Morgan fingerprint density at radius 3 is 2.57 bits per heavy atom. The Bertz CT molecular complexity index is 616. The minimum Gasteiger partial charge on any atom is -0.296 e. The van der Waals surface area contributed by atoms with Gasteiger partial charge in [0.2, 0.25) is 5.13 Å². The van der Waals surface area contributed by atoms with Gasteiger partial charge in [-0.3, -0.25) is 10.1 Å². The molecule has 0 saturated heterocycles. The van der Waals surface area contributed by atoms with E-state index in [4.69, 9.17) is 0 Å². The summed E-state index contributed by atoms with van der Waals surface area (Å²) in [5, 5.41) is 10.8. The molecule has 1 aromatic carbocycles. The zero-order valence-electron chi connectivity index (χ0n) is 13.5. The van der Waals surface area contributed by atoms with E-state index in [9.17, 15) is 4.79 Å². The van der Waals surface area contributed by atoms with E-state index in [2.05, 4.69) is 34.6 Å². The summed E-state index contributed by atoms with van der Waals surface area (Å²) in [7, 11) is 0. The summed E-state index contributed by atoms with van der Waals surface area (Å²) in [5.74, 6) is 1.46. The monoisotopic (exact) mass is 329 g/mol. The van der Waals surface area contributed by atoms with Crippen molar-refractivity contribution in [3.8, 4) is 0 Å². The van der Waals surface area contributed by atoms with E-state index in [1.165, 1.54) is 55.4 Å². The van der Waals surface area contributed by atoms with Crippen molar-refractivity contribution in [3.63, 3.8) is 0 Å². The number of nitrogens with zero attached hydrogens (tertiary/aromatic N) is 2. The first-order chi connectivity index (χ1) is 11.3. The molecule has 1 fully saturated rings. The molecule has 0 spiro atoms. The van der Waals surface area contributed by atoms with Crippen molar-refractivity contribution in [1.82, 2.24) is 10.2 Å². The van der Waals surface area contributed by atoms with Gasteiger partial charge in [0.1, 0.15) is 5.51 Å². The molecule has 0 aliphatic heterocycles. The maximum absolute atomic E-state index is 12.1. The lowest BCUT2D eigenvalue weighted by Crippen LogP contribution is -2.14. The highest BCUT2D eigenvalue weighted by Crippen LogP contribution is 2.37. The minimum atomic E-state index is -0.125. The summed E-state index contributed by atoms with van der Waals surface area (Å²) in [5.41, 5.74) is 3.64. The summed E-state index contributed by atoms with van der Waals surface area (Å²) in [6.07, 6.45) is 7.92. The van der Waals surface area contributed by atoms with E-state index < -0.39 is 0 Å². The van der Waals surface area contributed by atoms with Crippen LogP contribution in [0.1, 0.15) is 67.3 Å². The van der Waals surface area contributed by atoms with Gasteiger partial charge in [-0.05, 0) is 55.2 Å². The number of carbonyl (C=O) groups excluding carboxylic acids is 1. The van der Waals surface area contributed by atoms with Crippen molar-refractivity contribution in [2.75, 3.05) is 5.32 Å². The minimum absolute atomic E-state index is 0.125. The predicted molar refractivity (Wildman–Crippen MR) is 93.9 cm³/mol. The van der Waals surface area contributed by atoms with Crippen molar-refractivity contribution in [1.29, 1.82) is 0 Å². The Morgan fingerprint density at radius 2 is 1.96 bits per heavy atom. The molecule has 0 radical (unpaired) electrons. The fourth-order valence-electron chi connectivity index (χ4n) is 3.50. The van der Waals surface area contributed by atoms with E-state index in [1.54, 1.807) is 5.51 Å². The Morgan fingerprint density at radius 1 is 1.22 bits per heavy atom. The van der Waals surface area contributed by atoms with Gasteiger partial charge in [-0.25, -0.2) is 0 Å². The third kappa shape index (κ3) is 4.16. The van der Waals surface area contributed by atoms with E-state index in [-0.39, 0.29) is 5.91 Å². The molecular weight excluding hydrogens is 306 g/mol. The Hall–Kier alpha value is -1.75. The first-order valence-electron chi connectivity index (χ1n) is 8.43. The van der Waals surface area contributed by atoms with Crippen LogP contribution in [0.4, 0.5) is 5.13 Å². The Kier molecular flexibility index (Phi) is 5.39. The average Bonchev–Trinajstić information content (AvgIpc) is 3.09. The molecule has 1 aliphatic rings. The number of nitrogens with one attached hydrogen (secondary N) is 1. The smallest absolute Gasteiger partial charge is 0.257 e. The van der Waals surface area contributed by atoms with E-state index in [1.807, 2.05) is 12.1 Å². The number of hydrogen-bond donors (Lipinski definition) is 1.